The molecule has 7 nitrogen and oxygen atoms in total. The number of fused-ring (bicyclic) bond motifs is 1. The van der Waals surface area contributed by atoms with Gasteiger partial charge in [0.15, 0.2) is 31.6 Å². The highest BCUT2D eigenvalue weighted by molar-refractivity contribution is 7.91. The van der Waals surface area contributed by atoms with Crippen LogP contribution >= 0.6 is 23.6 Å². The zero-order valence-electron chi connectivity index (χ0n) is 14.4. The minimum Gasteiger partial charge on any atom is -0.486 e. The highest BCUT2D eigenvalue weighted by Crippen LogP contribution is 2.35. The number of thiazole rings is 1. The average molecular weight is 426 g/mol. The Balaban J connectivity index is 1.34. The molecule has 0 saturated carbocycles. The van der Waals surface area contributed by atoms with Gasteiger partial charge in [-0.3, -0.25) is 0 Å². The van der Waals surface area contributed by atoms with E-state index in [9.17, 15) is 8.42 Å². The zero-order valence-corrected chi connectivity index (χ0v) is 16.9. The van der Waals surface area contributed by atoms with Gasteiger partial charge < -0.3 is 20.1 Å². The van der Waals surface area contributed by atoms with E-state index < -0.39 is 9.84 Å². The Labute approximate surface area is 167 Å². The van der Waals surface area contributed by atoms with Crippen molar-refractivity contribution in [3.63, 3.8) is 0 Å². The molecule has 0 spiro atoms. The van der Waals surface area contributed by atoms with Crippen molar-refractivity contribution in [2.75, 3.05) is 36.6 Å². The molecule has 3 heterocycles. The van der Waals surface area contributed by atoms with Crippen molar-refractivity contribution < 1.29 is 17.9 Å². The van der Waals surface area contributed by atoms with Crippen molar-refractivity contribution in [2.24, 2.45) is 5.92 Å². The second-order valence-corrected chi connectivity index (χ2v) is 10.00. The van der Waals surface area contributed by atoms with E-state index in [2.05, 4.69) is 15.6 Å². The van der Waals surface area contributed by atoms with Gasteiger partial charge in [0.05, 0.1) is 17.2 Å². The molecule has 4 rings (SSSR count). The number of hydrogen-bond donors (Lipinski definition) is 2. The standard InChI is InChI=1S/C17H19N3O4S3/c21-27(22)6-3-11(10-27)8-18-16(25)20-17-19-13(9-26-17)12-1-2-14-15(7-12)24-5-4-23-14/h1-2,7,9,11H,3-6,8,10H2,(H2,18,19,20,25)/t11-/m1/s1. The van der Waals surface area contributed by atoms with Crippen molar-refractivity contribution in [1.29, 1.82) is 0 Å². The number of thiocarbonyl (C=S) groups is 1. The predicted molar refractivity (Wildman–Crippen MR) is 110 cm³/mol. The van der Waals surface area contributed by atoms with Gasteiger partial charge in [0.2, 0.25) is 0 Å². The first kappa shape index (κ1) is 18.5. The van der Waals surface area contributed by atoms with Crippen LogP contribution in [0.4, 0.5) is 5.13 Å². The molecule has 0 amide bonds. The van der Waals surface area contributed by atoms with E-state index >= 15 is 0 Å². The number of hydrogen-bond acceptors (Lipinski definition) is 7. The van der Waals surface area contributed by atoms with E-state index in [0.29, 0.717) is 36.4 Å². The third-order valence-electron chi connectivity index (χ3n) is 4.44. The molecule has 2 aliphatic rings. The summed E-state index contributed by atoms with van der Waals surface area (Å²) in [5.41, 5.74) is 1.77. The first-order valence-corrected chi connectivity index (χ1v) is 11.7. The van der Waals surface area contributed by atoms with E-state index in [1.807, 2.05) is 23.6 Å². The topological polar surface area (TPSA) is 89.6 Å². The summed E-state index contributed by atoms with van der Waals surface area (Å²) in [6.07, 6.45) is 0.684. The van der Waals surface area contributed by atoms with Gasteiger partial charge in [-0.2, -0.15) is 0 Å². The van der Waals surface area contributed by atoms with Gasteiger partial charge in [-0.15, -0.1) is 11.3 Å². The van der Waals surface area contributed by atoms with Crippen LogP contribution in [0.25, 0.3) is 11.3 Å². The van der Waals surface area contributed by atoms with Crippen molar-refractivity contribution in [3.8, 4) is 22.8 Å². The van der Waals surface area contributed by atoms with Gasteiger partial charge in [-0.1, -0.05) is 0 Å². The van der Waals surface area contributed by atoms with Crippen molar-refractivity contribution in [2.45, 2.75) is 6.42 Å². The molecule has 0 radical (unpaired) electrons. The number of nitrogens with zero attached hydrogens (tertiary/aromatic N) is 1. The predicted octanol–water partition coefficient (Wildman–Crippen LogP) is 2.30. The van der Waals surface area contributed by atoms with Gasteiger partial charge >= 0.3 is 0 Å². The van der Waals surface area contributed by atoms with Crippen molar-refractivity contribution in [3.05, 3.63) is 23.6 Å². The quantitative estimate of drug-likeness (QED) is 0.722. The molecular weight excluding hydrogens is 406 g/mol. The summed E-state index contributed by atoms with van der Waals surface area (Å²) in [6.45, 7) is 1.66. The van der Waals surface area contributed by atoms with Crippen LogP contribution in [0.2, 0.25) is 0 Å². The van der Waals surface area contributed by atoms with Gasteiger partial charge in [0, 0.05) is 17.5 Å². The minimum atomic E-state index is -2.87. The van der Waals surface area contributed by atoms with Gasteiger partial charge in [-0.25, -0.2) is 13.4 Å². The maximum atomic E-state index is 11.5. The van der Waals surface area contributed by atoms with Crippen LogP contribution in [0.1, 0.15) is 6.42 Å². The molecule has 2 aliphatic heterocycles. The van der Waals surface area contributed by atoms with Crippen LogP contribution in [-0.4, -0.2) is 49.8 Å². The number of benzene rings is 1. The maximum absolute atomic E-state index is 11.5. The lowest BCUT2D eigenvalue weighted by Crippen LogP contribution is -2.33. The van der Waals surface area contributed by atoms with E-state index in [4.69, 9.17) is 21.7 Å². The van der Waals surface area contributed by atoms with Crippen LogP contribution in [-0.2, 0) is 9.84 Å². The fourth-order valence-corrected chi connectivity index (χ4v) is 5.91. The lowest BCUT2D eigenvalue weighted by Gasteiger charge is -2.18. The monoisotopic (exact) mass is 425 g/mol. The summed E-state index contributed by atoms with van der Waals surface area (Å²) in [5, 5.41) is 9.22. The summed E-state index contributed by atoms with van der Waals surface area (Å²) in [5.74, 6) is 2.08. The molecule has 0 bridgehead atoms. The first-order chi connectivity index (χ1) is 13.0. The highest BCUT2D eigenvalue weighted by atomic mass is 32.2. The third kappa shape index (κ3) is 4.50. The Morgan fingerprint density at radius 2 is 2.11 bits per heavy atom. The summed E-state index contributed by atoms with van der Waals surface area (Å²) < 4.78 is 34.2. The van der Waals surface area contributed by atoms with E-state index in [-0.39, 0.29) is 17.4 Å². The molecule has 2 aromatic rings. The van der Waals surface area contributed by atoms with Gasteiger partial charge in [0.25, 0.3) is 0 Å². The number of ether oxygens (including phenoxy) is 2. The summed E-state index contributed by atoms with van der Waals surface area (Å²) in [6, 6.07) is 5.76. The number of nitrogens with one attached hydrogen (secondary N) is 2. The van der Waals surface area contributed by atoms with Crippen molar-refractivity contribution >= 4 is 43.6 Å². The van der Waals surface area contributed by atoms with Gasteiger partial charge in [0.1, 0.15) is 13.2 Å². The SMILES string of the molecule is O=S1(=O)CC[C@H](CNC(=S)Nc2nc(-c3ccc4c(c3)OCCO4)cs2)C1. The smallest absolute Gasteiger partial charge is 0.189 e. The summed E-state index contributed by atoms with van der Waals surface area (Å²) in [4.78, 5) is 4.56. The molecule has 27 heavy (non-hydrogen) atoms. The van der Waals surface area contributed by atoms with Crippen LogP contribution in [0, 0.1) is 5.92 Å². The van der Waals surface area contributed by atoms with Crippen LogP contribution < -0.4 is 20.1 Å². The Hall–Kier alpha value is -1.91. The Bertz CT molecular complexity index is 958. The molecule has 2 N–H and O–H groups in total. The maximum Gasteiger partial charge on any atom is 0.189 e. The lowest BCUT2D eigenvalue weighted by atomic mass is 10.1. The largest absolute Gasteiger partial charge is 0.486 e. The minimum absolute atomic E-state index is 0.110. The lowest BCUT2D eigenvalue weighted by molar-refractivity contribution is 0.171. The van der Waals surface area contributed by atoms with Crippen LogP contribution in [0.3, 0.4) is 0 Å². The number of sulfone groups is 1. The molecule has 144 valence electrons. The number of anilines is 1. The molecular formula is C17H19N3O4S3. The van der Waals surface area contributed by atoms with Crippen LogP contribution in [0.5, 0.6) is 11.5 Å². The van der Waals surface area contributed by atoms with E-state index in [1.165, 1.54) is 11.3 Å². The van der Waals surface area contributed by atoms with Gasteiger partial charge in [-0.05, 0) is 42.8 Å². The molecule has 1 saturated heterocycles. The fourth-order valence-electron chi connectivity index (χ4n) is 3.08. The van der Waals surface area contributed by atoms with E-state index in [0.717, 1.165) is 22.8 Å². The second-order valence-electron chi connectivity index (χ2n) is 6.50. The second kappa shape index (κ2) is 7.61. The third-order valence-corrected chi connectivity index (χ3v) is 7.28. The number of aromatic nitrogens is 1. The molecule has 1 atom stereocenters. The average Bonchev–Trinajstić information content (AvgIpc) is 3.25. The summed E-state index contributed by atoms with van der Waals surface area (Å²) >= 11 is 6.74. The van der Waals surface area contributed by atoms with Crippen LogP contribution in [0.15, 0.2) is 23.6 Å². The highest BCUT2D eigenvalue weighted by Gasteiger charge is 2.27. The number of rotatable bonds is 4. The molecule has 0 unspecified atom stereocenters. The first-order valence-electron chi connectivity index (χ1n) is 8.59. The summed E-state index contributed by atoms with van der Waals surface area (Å²) in [7, 11) is -2.87. The zero-order chi connectivity index (χ0) is 18.9. The Morgan fingerprint density at radius 1 is 1.30 bits per heavy atom. The molecule has 1 aromatic heterocycles. The normalized spacial score (nSPS) is 20.2. The Kier molecular flexibility index (Phi) is 5.20. The molecule has 1 fully saturated rings. The van der Waals surface area contributed by atoms with Crippen molar-refractivity contribution in [1.82, 2.24) is 10.3 Å². The Morgan fingerprint density at radius 3 is 2.89 bits per heavy atom. The fraction of sp³-hybridized carbons (Fsp3) is 0.412. The molecule has 10 heteroatoms. The molecule has 1 aromatic carbocycles. The molecule has 0 aliphatic carbocycles. The van der Waals surface area contributed by atoms with E-state index in [1.54, 1.807) is 0 Å².